The summed E-state index contributed by atoms with van der Waals surface area (Å²) >= 11 is 0. The highest BCUT2D eigenvalue weighted by atomic mass is 16.5. The molecule has 1 heterocycles. The summed E-state index contributed by atoms with van der Waals surface area (Å²) in [6, 6.07) is 7.77. The lowest BCUT2D eigenvalue weighted by Crippen LogP contribution is -2.27. The molecule has 3 nitrogen and oxygen atoms in total. The number of ether oxygens (including phenoxy) is 1. The average molecular weight is 246 g/mol. The van der Waals surface area contributed by atoms with Crippen LogP contribution < -0.4 is 10.1 Å². The fraction of sp³-hybridized carbons (Fsp3) is 0.600. The molecule has 0 radical (unpaired) electrons. The summed E-state index contributed by atoms with van der Waals surface area (Å²) in [5.41, 5.74) is 2.41. The maximum atomic E-state index is 5.42. The van der Waals surface area contributed by atoms with Gasteiger partial charge in [0, 0.05) is 25.2 Å². The molecule has 1 N–H and O–H groups in total. The number of hydrogen-bond acceptors (Lipinski definition) is 3. The van der Waals surface area contributed by atoms with Gasteiger partial charge in [-0.25, -0.2) is 0 Å². The van der Waals surface area contributed by atoms with E-state index < -0.39 is 0 Å². The smallest absolute Gasteiger partial charge is 0.141 e. The van der Waals surface area contributed by atoms with Crippen molar-refractivity contribution >= 4 is 5.69 Å². The Hall–Kier alpha value is -1.22. The van der Waals surface area contributed by atoms with E-state index in [2.05, 4.69) is 29.3 Å². The summed E-state index contributed by atoms with van der Waals surface area (Å²) in [6.07, 6.45) is 4.05. The van der Waals surface area contributed by atoms with Crippen molar-refractivity contribution in [2.75, 3.05) is 25.5 Å². The Bertz CT molecular complexity index is 429. The zero-order valence-corrected chi connectivity index (χ0v) is 11.3. The van der Waals surface area contributed by atoms with Crippen LogP contribution in [0.5, 0.6) is 5.75 Å². The van der Waals surface area contributed by atoms with Crippen LogP contribution in [0, 0.1) is 6.92 Å². The topological polar surface area (TPSA) is 24.5 Å². The summed E-state index contributed by atoms with van der Waals surface area (Å²) in [7, 11) is 1.74. The zero-order valence-electron chi connectivity index (χ0n) is 11.3. The molecule has 0 bridgehead atoms. The lowest BCUT2D eigenvalue weighted by molar-refractivity contribution is 0.326. The SMILES string of the molecule is COc1ccc(C)cc1NC1CCN(C2CC2)C1. The monoisotopic (exact) mass is 246 g/mol. The second kappa shape index (κ2) is 4.81. The molecule has 1 aromatic rings. The number of hydrogen-bond donors (Lipinski definition) is 1. The summed E-state index contributed by atoms with van der Waals surface area (Å²) in [6.45, 7) is 4.55. The Morgan fingerprint density at radius 3 is 2.83 bits per heavy atom. The van der Waals surface area contributed by atoms with Crippen molar-refractivity contribution < 1.29 is 4.74 Å². The highest BCUT2D eigenvalue weighted by Crippen LogP contribution is 2.32. The summed E-state index contributed by atoms with van der Waals surface area (Å²) < 4.78 is 5.42. The van der Waals surface area contributed by atoms with E-state index in [-0.39, 0.29) is 0 Å². The first-order valence-electron chi connectivity index (χ1n) is 6.91. The lowest BCUT2D eigenvalue weighted by Gasteiger charge is -2.18. The standard InChI is InChI=1S/C15H22N2O/c1-11-3-6-15(18-2)14(9-11)16-12-7-8-17(10-12)13-4-5-13/h3,6,9,12-13,16H,4-5,7-8,10H2,1-2H3. The predicted molar refractivity (Wildman–Crippen MR) is 74.4 cm³/mol. The summed E-state index contributed by atoms with van der Waals surface area (Å²) in [5, 5.41) is 3.65. The molecular formula is C15H22N2O. The molecule has 1 unspecified atom stereocenters. The molecule has 18 heavy (non-hydrogen) atoms. The largest absolute Gasteiger partial charge is 0.495 e. The van der Waals surface area contributed by atoms with Crippen LogP contribution in [0.1, 0.15) is 24.8 Å². The minimum Gasteiger partial charge on any atom is -0.495 e. The first-order chi connectivity index (χ1) is 8.76. The van der Waals surface area contributed by atoms with Crippen LogP contribution in [-0.4, -0.2) is 37.2 Å². The summed E-state index contributed by atoms with van der Waals surface area (Å²) in [5.74, 6) is 0.950. The fourth-order valence-corrected chi connectivity index (χ4v) is 2.83. The van der Waals surface area contributed by atoms with E-state index >= 15 is 0 Å². The number of methoxy groups -OCH3 is 1. The number of rotatable bonds is 4. The van der Waals surface area contributed by atoms with Crippen molar-refractivity contribution in [3.8, 4) is 5.75 Å². The maximum Gasteiger partial charge on any atom is 0.141 e. The molecule has 1 aliphatic carbocycles. The van der Waals surface area contributed by atoms with Gasteiger partial charge in [-0.2, -0.15) is 0 Å². The van der Waals surface area contributed by atoms with Crippen molar-refractivity contribution in [2.24, 2.45) is 0 Å². The Morgan fingerprint density at radius 1 is 1.28 bits per heavy atom. The Morgan fingerprint density at radius 2 is 2.11 bits per heavy atom. The number of nitrogens with one attached hydrogen (secondary N) is 1. The van der Waals surface area contributed by atoms with Crippen molar-refractivity contribution in [2.45, 2.75) is 38.3 Å². The van der Waals surface area contributed by atoms with Crippen molar-refractivity contribution in [3.63, 3.8) is 0 Å². The first kappa shape index (κ1) is 11.8. The second-order valence-electron chi connectivity index (χ2n) is 5.56. The van der Waals surface area contributed by atoms with Gasteiger partial charge in [0.05, 0.1) is 12.8 Å². The fourth-order valence-electron chi connectivity index (χ4n) is 2.83. The van der Waals surface area contributed by atoms with E-state index in [1.54, 1.807) is 7.11 Å². The third-order valence-electron chi connectivity index (χ3n) is 4.00. The maximum absolute atomic E-state index is 5.42. The van der Waals surface area contributed by atoms with Crippen LogP contribution in [0.4, 0.5) is 5.69 Å². The van der Waals surface area contributed by atoms with E-state index in [0.717, 1.165) is 17.5 Å². The minimum atomic E-state index is 0.571. The minimum absolute atomic E-state index is 0.571. The van der Waals surface area contributed by atoms with Crippen LogP contribution in [0.2, 0.25) is 0 Å². The van der Waals surface area contributed by atoms with Gasteiger partial charge in [0.1, 0.15) is 5.75 Å². The van der Waals surface area contributed by atoms with E-state index in [0.29, 0.717) is 6.04 Å². The van der Waals surface area contributed by atoms with E-state index in [1.807, 2.05) is 6.07 Å². The molecule has 1 aromatic carbocycles. The molecule has 0 aromatic heterocycles. The van der Waals surface area contributed by atoms with Gasteiger partial charge in [0.15, 0.2) is 0 Å². The van der Waals surface area contributed by atoms with Gasteiger partial charge in [0.2, 0.25) is 0 Å². The van der Waals surface area contributed by atoms with Crippen LogP contribution in [0.25, 0.3) is 0 Å². The van der Waals surface area contributed by atoms with Gasteiger partial charge in [-0.3, -0.25) is 4.90 Å². The number of benzene rings is 1. The predicted octanol–water partition coefficient (Wildman–Crippen LogP) is 2.65. The molecule has 0 spiro atoms. The highest BCUT2D eigenvalue weighted by molar-refractivity contribution is 5.58. The van der Waals surface area contributed by atoms with Gasteiger partial charge in [-0.15, -0.1) is 0 Å². The van der Waals surface area contributed by atoms with Gasteiger partial charge >= 0.3 is 0 Å². The Balaban J connectivity index is 1.66. The molecule has 2 aliphatic rings. The van der Waals surface area contributed by atoms with Crippen LogP contribution in [0.15, 0.2) is 18.2 Å². The van der Waals surface area contributed by atoms with E-state index in [1.165, 1.54) is 37.9 Å². The molecule has 1 saturated carbocycles. The van der Waals surface area contributed by atoms with Crippen molar-refractivity contribution in [1.29, 1.82) is 0 Å². The highest BCUT2D eigenvalue weighted by Gasteiger charge is 2.34. The van der Waals surface area contributed by atoms with Crippen LogP contribution in [-0.2, 0) is 0 Å². The molecule has 1 atom stereocenters. The van der Waals surface area contributed by atoms with E-state index in [4.69, 9.17) is 4.74 Å². The Kier molecular flexibility index (Phi) is 3.16. The summed E-state index contributed by atoms with van der Waals surface area (Å²) in [4.78, 5) is 2.62. The quantitative estimate of drug-likeness (QED) is 0.884. The number of aryl methyl sites for hydroxylation is 1. The molecular weight excluding hydrogens is 224 g/mol. The normalized spacial score (nSPS) is 24.2. The molecule has 3 rings (SSSR count). The van der Waals surface area contributed by atoms with Gasteiger partial charge in [-0.1, -0.05) is 6.07 Å². The molecule has 1 saturated heterocycles. The van der Waals surface area contributed by atoms with Crippen molar-refractivity contribution in [1.82, 2.24) is 4.90 Å². The lowest BCUT2D eigenvalue weighted by atomic mass is 10.2. The third kappa shape index (κ3) is 2.46. The van der Waals surface area contributed by atoms with Crippen LogP contribution in [0.3, 0.4) is 0 Å². The number of nitrogens with zero attached hydrogens (tertiary/aromatic N) is 1. The van der Waals surface area contributed by atoms with Crippen molar-refractivity contribution in [3.05, 3.63) is 23.8 Å². The van der Waals surface area contributed by atoms with Gasteiger partial charge in [-0.05, 0) is 43.9 Å². The van der Waals surface area contributed by atoms with Crippen LogP contribution >= 0.6 is 0 Å². The zero-order chi connectivity index (χ0) is 12.5. The molecule has 98 valence electrons. The molecule has 0 amide bonds. The van der Waals surface area contributed by atoms with E-state index in [9.17, 15) is 0 Å². The van der Waals surface area contributed by atoms with Gasteiger partial charge in [0.25, 0.3) is 0 Å². The second-order valence-corrected chi connectivity index (χ2v) is 5.56. The number of anilines is 1. The first-order valence-corrected chi connectivity index (χ1v) is 6.91. The average Bonchev–Trinajstić information content (AvgIpc) is 3.11. The molecule has 1 aliphatic heterocycles. The Labute approximate surface area is 109 Å². The molecule has 2 fully saturated rings. The number of likely N-dealkylation sites (tertiary alicyclic amines) is 1. The third-order valence-corrected chi connectivity index (χ3v) is 4.00. The van der Waals surface area contributed by atoms with Gasteiger partial charge < -0.3 is 10.1 Å². The molecule has 3 heteroatoms.